The third-order valence-corrected chi connectivity index (χ3v) is 2.99. The zero-order valence-corrected chi connectivity index (χ0v) is 8.13. The van der Waals surface area contributed by atoms with Crippen LogP contribution in [0.1, 0.15) is 19.8 Å². The minimum absolute atomic E-state index is 0.173. The highest BCUT2D eigenvalue weighted by Crippen LogP contribution is 2.30. The van der Waals surface area contributed by atoms with Gasteiger partial charge in [-0.3, -0.25) is 9.79 Å². The maximum absolute atomic E-state index is 11.9. The molecule has 13 heavy (non-hydrogen) atoms. The molecule has 0 aromatic rings. The van der Waals surface area contributed by atoms with Crippen molar-refractivity contribution in [3.63, 3.8) is 0 Å². The first-order chi connectivity index (χ1) is 6.16. The van der Waals surface area contributed by atoms with Crippen LogP contribution < -0.4 is 5.32 Å². The van der Waals surface area contributed by atoms with Crippen LogP contribution >= 0.6 is 0 Å². The summed E-state index contributed by atoms with van der Waals surface area (Å²) < 4.78 is 0. The molecule has 2 rings (SSSR count). The fourth-order valence-electron chi connectivity index (χ4n) is 2.06. The minimum atomic E-state index is -0.413. The molecule has 2 aliphatic rings. The van der Waals surface area contributed by atoms with Crippen LogP contribution in [0.25, 0.3) is 0 Å². The SMILES string of the molecule is CC1=NC2(CCNCC2)C(=O)N1C. The van der Waals surface area contributed by atoms with Gasteiger partial charge in [0.25, 0.3) is 5.91 Å². The van der Waals surface area contributed by atoms with E-state index in [4.69, 9.17) is 0 Å². The van der Waals surface area contributed by atoms with Crippen LogP contribution in [-0.4, -0.2) is 42.3 Å². The number of amidine groups is 1. The highest BCUT2D eigenvalue weighted by molar-refractivity contribution is 6.07. The average Bonchev–Trinajstić information content (AvgIpc) is 2.33. The number of hydrogen-bond donors (Lipinski definition) is 1. The molecule has 2 heterocycles. The Morgan fingerprint density at radius 1 is 1.46 bits per heavy atom. The number of hydrogen-bond acceptors (Lipinski definition) is 3. The predicted molar refractivity (Wildman–Crippen MR) is 50.7 cm³/mol. The molecule has 0 aromatic heterocycles. The Morgan fingerprint density at radius 2 is 2.08 bits per heavy atom. The van der Waals surface area contributed by atoms with E-state index in [1.807, 2.05) is 6.92 Å². The third-order valence-electron chi connectivity index (χ3n) is 2.99. The van der Waals surface area contributed by atoms with E-state index >= 15 is 0 Å². The summed E-state index contributed by atoms with van der Waals surface area (Å²) in [6, 6.07) is 0. The van der Waals surface area contributed by atoms with Gasteiger partial charge in [0.05, 0.1) is 0 Å². The lowest BCUT2D eigenvalue weighted by atomic mass is 9.89. The molecule has 0 aliphatic carbocycles. The van der Waals surface area contributed by atoms with Crippen LogP contribution in [-0.2, 0) is 4.79 Å². The molecule has 4 nitrogen and oxygen atoms in total. The molecule has 0 unspecified atom stereocenters. The number of aliphatic imine (C=N–C) groups is 1. The van der Waals surface area contributed by atoms with Crippen LogP contribution in [0.5, 0.6) is 0 Å². The number of likely N-dealkylation sites (N-methyl/N-ethyl adjacent to an activating group) is 1. The lowest BCUT2D eigenvalue weighted by molar-refractivity contribution is -0.131. The van der Waals surface area contributed by atoms with Crippen molar-refractivity contribution in [1.29, 1.82) is 0 Å². The van der Waals surface area contributed by atoms with E-state index < -0.39 is 5.54 Å². The molecule has 1 N–H and O–H groups in total. The number of amides is 1. The molecule has 2 aliphatic heterocycles. The monoisotopic (exact) mass is 181 g/mol. The molecular weight excluding hydrogens is 166 g/mol. The quantitative estimate of drug-likeness (QED) is 0.571. The molecule has 0 atom stereocenters. The first-order valence-corrected chi connectivity index (χ1v) is 4.71. The number of nitrogens with one attached hydrogen (secondary N) is 1. The van der Waals surface area contributed by atoms with Crippen LogP contribution in [0.4, 0.5) is 0 Å². The van der Waals surface area contributed by atoms with Crippen molar-refractivity contribution in [3.05, 3.63) is 0 Å². The maximum Gasteiger partial charge on any atom is 0.255 e. The maximum atomic E-state index is 11.9. The number of nitrogens with zero attached hydrogens (tertiary/aromatic N) is 2. The molecule has 0 aromatic carbocycles. The first-order valence-electron chi connectivity index (χ1n) is 4.71. The van der Waals surface area contributed by atoms with Gasteiger partial charge in [0, 0.05) is 7.05 Å². The molecule has 1 amide bonds. The Balaban J connectivity index is 2.27. The normalized spacial score (nSPS) is 26.8. The molecule has 0 radical (unpaired) electrons. The summed E-state index contributed by atoms with van der Waals surface area (Å²) in [6.45, 7) is 3.70. The Morgan fingerprint density at radius 3 is 2.54 bits per heavy atom. The van der Waals surface area contributed by atoms with Crippen LogP contribution in [0, 0.1) is 0 Å². The zero-order chi connectivity index (χ0) is 9.47. The number of carbonyl (C=O) groups is 1. The first kappa shape index (κ1) is 8.69. The van der Waals surface area contributed by atoms with Gasteiger partial charge >= 0.3 is 0 Å². The van der Waals surface area contributed by atoms with Crippen molar-refractivity contribution in [2.75, 3.05) is 20.1 Å². The highest BCUT2D eigenvalue weighted by Gasteiger charge is 2.45. The summed E-state index contributed by atoms with van der Waals surface area (Å²) in [5, 5.41) is 3.25. The van der Waals surface area contributed by atoms with Crippen molar-refractivity contribution < 1.29 is 4.79 Å². The van der Waals surface area contributed by atoms with Gasteiger partial charge in [-0.05, 0) is 32.9 Å². The summed E-state index contributed by atoms with van der Waals surface area (Å²) in [7, 11) is 1.80. The largest absolute Gasteiger partial charge is 0.317 e. The molecule has 1 spiro atoms. The van der Waals surface area contributed by atoms with E-state index in [0.29, 0.717) is 0 Å². The van der Waals surface area contributed by atoms with E-state index in [0.717, 1.165) is 31.8 Å². The van der Waals surface area contributed by atoms with Gasteiger partial charge < -0.3 is 10.2 Å². The smallest absolute Gasteiger partial charge is 0.255 e. The van der Waals surface area contributed by atoms with Crippen LogP contribution in [0.3, 0.4) is 0 Å². The second-order valence-corrected chi connectivity index (χ2v) is 3.80. The summed E-state index contributed by atoms with van der Waals surface area (Å²) >= 11 is 0. The Bertz CT molecular complexity index is 266. The fraction of sp³-hybridized carbons (Fsp3) is 0.778. The van der Waals surface area contributed by atoms with Crippen molar-refractivity contribution in [3.8, 4) is 0 Å². The lowest BCUT2D eigenvalue weighted by Gasteiger charge is -2.29. The van der Waals surface area contributed by atoms with E-state index in [2.05, 4.69) is 10.3 Å². The number of piperidine rings is 1. The van der Waals surface area contributed by atoms with Crippen molar-refractivity contribution in [2.45, 2.75) is 25.3 Å². The fourth-order valence-corrected chi connectivity index (χ4v) is 2.06. The predicted octanol–water partition coefficient (Wildman–Crippen LogP) is -0.00100. The van der Waals surface area contributed by atoms with E-state index in [-0.39, 0.29) is 5.91 Å². The highest BCUT2D eigenvalue weighted by atomic mass is 16.2. The Labute approximate surface area is 78.0 Å². The van der Waals surface area contributed by atoms with Crippen molar-refractivity contribution in [2.24, 2.45) is 4.99 Å². The molecule has 1 fully saturated rings. The van der Waals surface area contributed by atoms with Crippen molar-refractivity contribution in [1.82, 2.24) is 10.2 Å². The van der Waals surface area contributed by atoms with E-state index in [1.165, 1.54) is 0 Å². The second-order valence-electron chi connectivity index (χ2n) is 3.80. The summed E-state index contributed by atoms with van der Waals surface area (Å²) in [5.74, 6) is 1.03. The van der Waals surface area contributed by atoms with E-state index in [9.17, 15) is 4.79 Å². The molecule has 0 saturated carbocycles. The number of rotatable bonds is 0. The van der Waals surface area contributed by atoms with Crippen LogP contribution in [0.15, 0.2) is 4.99 Å². The van der Waals surface area contributed by atoms with Gasteiger partial charge in [-0.2, -0.15) is 0 Å². The lowest BCUT2D eigenvalue weighted by Crippen LogP contribution is -2.47. The number of carbonyl (C=O) groups excluding carboxylic acids is 1. The summed E-state index contributed by atoms with van der Waals surface area (Å²) in [6.07, 6.45) is 1.68. The Hall–Kier alpha value is -0.900. The molecule has 4 heteroatoms. The van der Waals surface area contributed by atoms with E-state index in [1.54, 1.807) is 11.9 Å². The molecule has 72 valence electrons. The topological polar surface area (TPSA) is 44.7 Å². The van der Waals surface area contributed by atoms with Gasteiger partial charge in [-0.1, -0.05) is 0 Å². The van der Waals surface area contributed by atoms with Crippen LogP contribution in [0.2, 0.25) is 0 Å². The van der Waals surface area contributed by atoms with Gasteiger partial charge in [-0.15, -0.1) is 0 Å². The average molecular weight is 181 g/mol. The third kappa shape index (κ3) is 1.16. The van der Waals surface area contributed by atoms with Gasteiger partial charge in [-0.25, -0.2) is 0 Å². The van der Waals surface area contributed by atoms with Crippen molar-refractivity contribution >= 4 is 11.7 Å². The zero-order valence-electron chi connectivity index (χ0n) is 8.13. The van der Waals surface area contributed by atoms with Gasteiger partial charge in [0.2, 0.25) is 0 Å². The van der Waals surface area contributed by atoms with Gasteiger partial charge in [0.1, 0.15) is 11.4 Å². The summed E-state index contributed by atoms with van der Waals surface area (Å²) in [5.41, 5.74) is -0.413. The molecule has 0 bridgehead atoms. The second kappa shape index (κ2) is 2.80. The minimum Gasteiger partial charge on any atom is -0.317 e. The molecule has 1 saturated heterocycles. The van der Waals surface area contributed by atoms with Gasteiger partial charge in [0.15, 0.2) is 0 Å². The molecular formula is C9H15N3O. The standard InChI is InChI=1S/C9H15N3O/c1-7-11-9(8(13)12(7)2)3-5-10-6-4-9/h10H,3-6H2,1-2H3. The Kier molecular flexibility index (Phi) is 1.87. The summed E-state index contributed by atoms with van der Waals surface area (Å²) in [4.78, 5) is 18.0.